The van der Waals surface area contributed by atoms with Gasteiger partial charge in [0.15, 0.2) is 0 Å². The molecule has 5 nitrogen and oxygen atoms in total. The second-order valence-corrected chi connectivity index (χ2v) is 5.78. The fourth-order valence-electron chi connectivity index (χ4n) is 2.83. The van der Waals surface area contributed by atoms with Crippen molar-refractivity contribution in [2.45, 2.75) is 6.10 Å². The summed E-state index contributed by atoms with van der Waals surface area (Å²) in [5, 5.41) is 3.47. The van der Waals surface area contributed by atoms with Gasteiger partial charge in [0.05, 0.1) is 25.9 Å². The summed E-state index contributed by atoms with van der Waals surface area (Å²) in [4.78, 5) is 4.68. The highest BCUT2D eigenvalue weighted by atomic mass is 16.5. The summed E-state index contributed by atoms with van der Waals surface area (Å²) in [6, 6.07) is 8.66. The van der Waals surface area contributed by atoms with Crippen molar-refractivity contribution in [3.63, 3.8) is 0 Å². The largest absolute Gasteiger partial charge is 0.382 e. The quantitative estimate of drug-likeness (QED) is 0.904. The molecule has 5 heteroatoms. The second kappa shape index (κ2) is 7.11. The van der Waals surface area contributed by atoms with Gasteiger partial charge in [0.2, 0.25) is 0 Å². The lowest BCUT2D eigenvalue weighted by atomic mass is 10.2. The van der Waals surface area contributed by atoms with E-state index < -0.39 is 0 Å². The summed E-state index contributed by atoms with van der Waals surface area (Å²) in [6.45, 7) is 7.34. The van der Waals surface area contributed by atoms with Crippen LogP contribution in [0.2, 0.25) is 0 Å². The van der Waals surface area contributed by atoms with E-state index in [4.69, 9.17) is 9.47 Å². The van der Waals surface area contributed by atoms with Crippen LogP contribution in [0.5, 0.6) is 0 Å². The zero-order chi connectivity index (χ0) is 14.5. The number of morpholine rings is 2. The lowest BCUT2D eigenvalue weighted by Crippen LogP contribution is -2.43. The molecule has 1 unspecified atom stereocenters. The molecule has 1 aromatic carbocycles. The average molecular weight is 291 g/mol. The Balaban J connectivity index is 1.49. The maximum atomic E-state index is 5.76. The molecule has 2 fully saturated rings. The number of hydrogen-bond acceptors (Lipinski definition) is 5. The predicted molar refractivity (Wildman–Crippen MR) is 85.2 cm³/mol. The smallest absolute Gasteiger partial charge is 0.0874 e. The number of nitrogens with one attached hydrogen (secondary N) is 1. The maximum absolute atomic E-state index is 5.76. The van der Waals surface area contributed by atoms with Gasteiger partial charge in [-0.25, -0.2) is 0 Å². The third-order valence-electron chi connectivity index (χ3n) is 4.12. The van der Waals surface area contributed by atoms with Gasteiger partial charge in [-0.3, -0.25) is 0 Å². The molecule has 2 heterocycles. The van der Waals surface area contributed by atoms with Crippen LogP contribution in [-0.4, -0.2) is 70.6 Å². The van der Waals surface area contributed by atoms with E-state index in [-0.39, 0.29) is 6.10 Å². The van der Waals surface area contributed by atoms with Gasteiger partial charge >= 0.3 is 0 Å². The van der Waals surface area contributed by atoms with Crippen molar-refractivity contribution in [2.24, 2.45) is 0 Å². The van der Waals surface area contributed by atoms with Crippen LogP contribution in [0.15, 0.2) is 24.3 Å². The Morgan fingerprint density at radius 2 is 1.86 bits per heavy atom. The highest BCUT2D eigenvalue weighted by molar-refractivity contribution is 5.55. The molecule has 0 aromatic heterocycles. The van der Waals surface area contributed by atoms with Crippen LogP contribution < -0.4 is 10.2 Å². The van der Waals surface area contributed by atoms with Crippen molar-refractivity contribution in [2.75, 3.05) is 69.8 Å². The molecule has 1 atom stereocenters. The highest BCUT2D eigenvalue weighted by Gasteiger charge is 2.17. The Morgan fingerprint density at radius 1 is 1.10 bits per heavy atom. The number of anilines is 2. The summed E-state index contributed by atoms with van der Waals surface area (Å²) >= 11 is 0. The summed E-state index contributed by atoms with van der Waals surface area (Å²) < 4.78 is 11.2. The van der Waals surface area contributed by atoms with E-state index in [1.807, 2.05) is 0 Å². The van der Waals surface area contributed by atoms with Crippen molar-refractivity contribution >= 4 is 11.4 Å². The van der Waals surface area contributed by atoms with Crippen LogP contribution in [0.4, 0.5) is 11.4 Å². The summed E-state index contributed by atoms with van der Waals surface area (Å²) in [5.41, 5.74) is 2.43. The number of hydrogen-bond donors (Lipinski definition) is 1. The summed E-state index contributed by atoms with van der Waals surface area (Å²) in [6.07, 6.45) is 0.280. The van der Waals surface area contributed by atoms with Crippen LogP contribution in [0, 0.1) is 0 Å². The minimum atomic E-state index is 0.280. The summed E-state index contributed by atoms with van der Waals surface area (Å²) in [5.74, 6) is 0. The molecule has 0 spiro atoms. The Bertz CT molecular complexity index is 432. The first kappa shape index (κ1) is 14.6. The van der Waals surface area contributed by atoms with E-state index in [0.717, 1.165) is 58.2 Å². The first-order valence-electron chi connectivity index (χ1n) is 7.78. The van der Waals surface area contributed by atoms with Crippen LogP contribution in [0.1, 0.15) is 0 Å². The third kappa shape index (κ3) is 4.09. The first-order valence-corrected chi connectivity index (χ1v) is 7.78. The zero-order valence-electron chi connectivity index (χ0n) is 12.8. The van der Waals surface area contributed by atoms with Gasteiger partial charge < -0.3 is 24.6 Å². The van der Waals surface area contributed by atoms with Crippen molar-refractivity contribution in [1.82, 2.24) is 4.90 Å². The minimum absolute atomic E-state index is 0.280. The summed E-state index contributed by atoms with van der Waals surface area (Å²) in [7, 11) is 2.15. The Labute approximate surface area is 126 Å². The van der Waals surface area contributed by atoms with E-state index in [2.05, 4.69) is 46.4 Å². The van der Waals surface area contributed by atoms with Gasteiger partial charge in [0.1, 0.15) is 0 Å². The molecule has 3 rings (SSSR count). The molecule has 0 saturated carbocycles. The molecular formula is C16H25N3O2. The van der Waals surface area contributed by atoms with Gasteiger partial charge in [-0.15, -0.1) is 0 Å². The lowest BCUT2D eigenvalue weighted by Gasteiger charge is -2.30. The van der Waals surface area contributed by atoms with Crippen molar-refractivity contribution in [3.8, 4) is 0 Å². The first-order chi connectivity index (χ1) is 10.3. The van der Waals surface area contributed by atoms with Crippen LogP contribution in [0.25, 0.3) is 0 Å². The standard InChI is InChI=1S/C16H25N3O2/c1-18-6-11-21-16(13-18)12-17-14-2-4-15(5-3-14)19-7-9-20-10-8-19/h2-5,16-17H,6-13H2,1H3. The molecule has 116 valence electrons. The topological polar surface area (TPSA) is 37.0 Å². The minimum Gasteiger partial charge on any atom is -0.382 e. The Morgan fingerprint density at radius 3 is 2.57 bits per heavy atom. The predicted octanol–water partition coefficient (Wildman–Crippen LogP) is 1.27. The van der Waals surface area contributed by atoms with E-state index in [1.165, 1.54) is 5.69 Å². The lowest BCUT2D eigenvalue weighted by molar-refractivity contribution is -0.0117. The second-order valence-electron chi connectivity index (χ2n) is 5.78. The van der Waals surface area contributed by atoms with Gasteiger partial charge in [-0.2, -0.15) is 0 Å². The van der Waals surface area contributed by atoms with Crippen LogP contribution in [0.3, 0.4) is 0 Å². The molecule has 2 aliphatic rings. The van der Waals surface area contributed by atoms with Crippen molar-refractivity contribution in [1.29, 1.82) is 0 Å². The molecule has 1 N–H and O–H groups in total. The molecule has 2 saturated heterocycles. The average Bonchev–Trinajstić information content (AvgIpc) is 2.54. The molecule has 0 radical (unpaired) electrons. The molecular weight excluding hydrogens is 266 g/mol. The molecule has 0 bridgehead atoms. The third-order valence-corrected chi connectivity index (χ3v) is 4.12. The molecule has 0 amide bonds. The number of rotatable bonds is 4. The van der Waals surface area contributed by atoms with Crippen molar-refractivity contribution < 1.29 is 9.47 Å². The number of nitrogens with zero attached hydrogens (tertiary/aromatic N) is 2. The van der Waals surface area contributed by atoms with E-state index in [0.29, 0.717) is 0 Å². The normalized spacial score (nSPS) is 24.0. The van der Waals surface area contributed by atoms with Gasteiger partial charge in [-0.1, -0.05) is 0 Å². The van der Waals surface area contributed by atoms with E-state index >= 15 is 0 Å². The number of likely N-dealkylation sites (N-methyl/N-ethyl adjacent to an activating group) is 1. The number of benzene rings is 1. The van der Waals surface area contributed by atoms with E-state index in [1.54, 1.807) is 0 Å². The molecule has 2 aliphatic heterocycles. The fourth-order valence-corrected chi connectivity index (χ4v) is 2.83. The number of ether oxygens (including phenoxy) is 2. The van der Waals surface area contributed by atoms with Crippen molar-refractivity contribution in [3.05, 3.63) is 24.3 Å². The molecule has 21 heavy (non-hydrogen) atoms. The van der Waals surface area contributed by atoms with Gasteiger partial charge in [0.25, 0.3) is 0 Å². The molecule has 0 aliphatic carbocycles. The molecule has 1 aromatic rings. The van der Waals surface area contributed by atoms with Gasteiger partial charge in [0, 0.05) is 44.1 Å². The van der Waals surface area contributed by atoms with Gasteiger partial charge in [-0.05, 0) is 31.3 Å². The van der Waals surface area contributed by atoms with E-state index in [9.17, 15) is 0 Å². The zero-order valence-corrected chi connectivity index (χ0v) is 12.8. The highest BCUT2D eigenvalue weighted by Crippen LogP contribution is 2.19. The maximum Gasteiger partial charge on any atom is 0.0874 e. The van der Waals surface area contributed by atoms with Crippen LogP contribution >= 0.6 is 0 Å². The Hall–Kier alpha value is -1.30. The fraction of sp³-hybridized carbons (Fsp3) is 0.625. The Kier molecular flexibility index (Phi) is 4.95. The van der Waals surface area contributed by atoms with Crippen LogP contribution in [-0.2, 0) is 9.47 Å². The monoisotopic (exact) mass is 291 g/mol. The SMILES string of the molecule is CN1CCOC(CNc2ccc(N3CCOCC3)cc2)C1.